The van der Waals surface area contributed by atoms with E-state index in [0.717, 1.165) is 23.9 Å². The Kier molecular flexibility index (Phi) is 4.10. The molecular formula is C15H20ClN5. The maximum absolute atomic E-state index is 6.07. The molecule has 112 valence electrons. The number of halogens is 1. The summed E-state index contributed by atoms with van der Waals surface area (Å²) in [7, 11) is 0. The van der Waals surface area contributed by atoms with Crippen LogP contribution in [0.15, 0.2) is 18.2 Å². The van der Waals surface area contributed by atoms with Gasteiger partial charge in [0.2, 0.25) is 0 Å². The van der Waals surface area contributed by atoms with E-state index in [9.17, 15) is 0 Å². The van der Waals surface area contributed by atoms with Crippen LogP contribution < -0.4 is 5.73 Å². The van der Waals surface area contributed by atoms with Crippen LogP contribution in [0.1, 0.15) is 32.6 Å². The van der Waals surface area contributed by atoms with Gasteiger partial charge in [-0.1, -0.05) is 31.4 Å². The Balaban J connectivity index is 1.83. The van der Waals surface area contributed by atoms with E-state index >= 15 is 0 Å². The summed E-state index contributed by atoms with van der Waals surface area (Å²) in [6.45, 7) is 3.18. The van der Waals surface area contributed by atoms with E-state index in [1.54, 1.807) is 6.07 Å². The molecule has 0 bridgehead atoms. The van der Waals surface area contributed by atoms with E-state index in [4.69, 9.17) is 17.3 Å². The second kappa shape index (κ2) is 6.02. The van der Waals surface area contributed by atoms with Crippen LogP contribution >= 0.6 is 11.6 Å². The van der Waals surface area contributed by atoms with Crippen LogP contribution in [0.25, 0.3) is 11.4 Å². The van der Waals surface area contributed by atoms with E-state index in [0.29, 0.717) is 16.6 Å². The van der Waals surface area contributed by atoms with E-state index in [-0.39, 0.29) is 0 Å². The Hall–Kier alpha value is -1.62. The Morgan fingerprint density at radius 2 is 2.19 bits per heavy atom. The van der Waals surface area contributed by atoms with Crippen LogP contribution in [-0.4, -0.2) is 20.2 Å². The molecule has 5 nitrogen and oxygen atoms in total. The van der Waals surface area contributed by atoms with Gasteiger partial charge in [0.25, 0.3) is 0 Å². The summed E-state index contributed by atoms with van der Waals surface area (Å²) in [6, 6.07) is 5.43. The Morgan fingerprint density at radius 3 is 2.95 bits per heavy atom. The lowest BCUT2D eigenvalue weighted by atomic mass is 9.82. The highest BCUT2D eigenvalue weighted by Gasteiger charge is 2.21. The molecule has 0 saturated heterocycles. The highest BCUT2D eigenvalue weighted by atomic mass is 35.5. The largest absolute Gasteiger partial charge is 0.399 e. The number of hydrogen-bond donors (Lipinski definition) is 1. The molecule has 21 heavy (non-hydrogen) atoms. The van der Waals surface area contributed by atoms with Crippen LogP contribution in [0.3, 0.4) is 0 Å². The average Bonchev–Trinajstić information content (AvgIpc) is 2.85. The Morgan fingerprint density at radius 1 is 1.33 bits per heavy atom. The molecule has 1 aromatic heterocycles. The third-order valence-electron chi connectivity index (χ3n) is 4.19. The zero-order chi connectivity index (χ0) is 14.8. The summed E-state index contributed by atoms with van der Waals surface area (Å²) >= 11 is 6.07. The van der Waals surface area contributed by atoms with E-state index in [1.165, 1.54) is 25.7 Å². The van der Waals surface area contributed by atoms with Gasteiger partial charge in [0, 0.05) is 22.8 Å². The van der Waals surface area contributed by atoms with Crippen molar-refractivity contribution >= 4 is 17.3 Å². The lowest BCUT2D eigenvalue weighted by Crippen LogP contribution is -2.19. The molecule has 1 saturated carbocycles. The molecule has 1 aliphatic rings. The topological polar surface area (TPSA) is 69.6 Å². The van der Waals surface area contributed by atoms with Crippen molar-refractivity contribution in [3.05, 3.63) is 23.2 Å². The van der Waals surface area contributed by atoms with Crippen LogP contribution in [0.5, 0.6) is 0 Å². The van der Waals surface area contributed by atoms with Crippen LogP contribution in [0, 0.1) is 11.8 Å². The number of rotatable bonds is 3. The van der Waals surface area contributed by atoms with Gasteiger partial charge in [-0.3, -0.25) is 0 Å². The fraction of sp³-hybridized carbons (Fsp3) is 0.533. The van der Waals surface area contributed by atoms with Gasteiger partial charge in [-0.15, -0.1) is 5.10 Å². The molecule has 2 atom stereocenters. The molecule has 3 rings (SSSR count). The maximum Gasteiger partial charge on any atom is 0.182 e. The number of aromatic nitrogens is 4. The third kappa shape index (κ3) is 3.35. The summed E-state index contributed by atoms with van der Waals surface area (Å²) in [5, 5.41) is 12.7. The van der Waals surface area contributed by atoms with Crippen molar-refractivity contribution in [3.8, 4) is 11.4 Å². The maximum atomic E-state index is 6.07. The number of anilines is 1. The van der Waals surface area contributed by atoms with Gasteiger partial charge in [0.1, 0.15) is 0 Å². The van der Waals surface area contributed by atoms with Crippen LogP contribution in [0.2, 0.25) is 5.02 Å². The minimum Gasteiger partial charge on any atom is -0.399 e. The minimum atomic E-state index is 0.603. The summed E-state index contributed by atoms with van der Waals surface area (Å²) in [5.74, 6) is 2.18. The molecule has 6 heteroatoms. The van der Waals surface area contributed by atoms with Crippen LogP contribution in [-0.2, 0) is 6.54 Å². The summed E-state index contributed by atoms with van der Waals surface area (Å²) in [5.41, 5.74) is 7.35. The zero-order valence-electron chi connectivity index (χ0n) is 12.2. The molecule has 0 spiro atoms. The first kappa shape index (κ1) is 14.3. The first-order valence-electron chi connectivity index (χ1n) is 7.44. The molecule has 0 amide bonds. The number of hydrogen-bond acceptors (Lipinski definition) is 4. The number of nitrogens with two attached hydrogens (primary N) is 1. The molecule has 1 fully saturated rings. The van der Waals surface area contributed by atoms with Crippen molar-refractivity contribution in [2.45, 2.75) is 39.2 Å². The molecule has 2 aromatic rings. The van der Waals surface area contributed by atoms with E-state index in [2.05, 4.69) is 22.4 Å². The summed E-state index contributed by atoms with van der Waals surface area (Å²) in [4.78, 5) is 0. The van der Waals surface area contributed by atoms with E-state index < -0.39 is 0 Å². The lowest BCUT2D eigenvalue weighted by Gasteiger charge is -2.26. The first-order chi connectivity index (χ1) is 10.1. The third-order valence-corrected chi connectivity index (χ3v) is 4.40. The molecule has 1 aliphatic carbocycles. The van der Waals surface area contributed by atoms with Gasteiger partial charge < -0.3 is 5.73 Å². The number of benzene rings is 1. The van der Waals surface area contributed by atoms with Crippen molar-refractivity contribution in [3.63, 3.8) is 0 Å². The van der Waals surface area contributed by atoms with Gasteiger partial charge in [0.15, 0.2) is 5.82 Å². The van der Waals surface area contributed by atoms with Gasteiger partial charge in [-0.05, 0) is 53.3 Å². The fourth-order valence-electron chi connectivity index (χ4n) is 3.25. The van der Waals surface area contributed by atoms with Crippen molar-refractivity contribution < 1.29 is 0 Å². The quantitative estimate of drug-likeness (QED) is 0.882. The second-order valence-corrected chi connectivity index (χ2v) is 6.53. The van der Waals surface area contributed by atoms with Crippen molar-refractivity contribution in [1.82, 2.24) is 20.2 Å². The van der Waals surface area contributed by atoms with Crippen LogP contribution in [0.4, 0.5) is 5.69 Å². The highest BCUT2D eigenvalue weighted by molar-refractivity contribution is 6.31. The Bertz CT molecular complexity index is 604. The van der Waals surface area contributed by atoms with Gasteiger partial charge in [-0.2, -0.15) is 0 Å². The molecule has 0 radical (unpaired) electrons. The number of nitrogen functional groups attached to an aromatic ring is 1. The molecule has 1 aromatic carbocycles. The monoisotopic (exact) mass is 305 g/mol. The number of nitrogens with zero attached hydrogens (tertiary/aromatic N) is 4. The second-order valence-electron chi connectivity index (χ2n) is 6.10. The Labute approximate surface area is 129 Å². The SMILES string of the molecule is CC1CCCC(Cn2nnnc2-c2cc(N)cc(Cl)c2)C1. The minimum absolute atomic E-state index is 0.603. The fourth-order valence-corrected chi connectivity index (χ4v) is 3.49. The molecular weight excluding hydrogens is 286 g/mol. The first-order valence-corrected chi connectivity index (χ1v) is 7.82. The van der Waals surface area contributed by atoms with Crippen molar-refractivity contribution in [2.75, 3.05) is 5.73 Å². The normalized spacial score (nSPS) is 22.4. The van der Waals surface area contributed by atoms with Crippen molar-refractivity contribution in [2.24, 2.45) is 11.8 Å². The molecule has 2 N–H and O–H groups in total. The highest BCUT2D eigenvalue weighted by Crippen LogP contribution is 2.31. The van der Waals surface area contributed by atoms with Gasteiger partial charge in [0.05, 0.1) is 0 Å². The lowest BCUT2D eigenvalue weighted by molar-refractivity contribution is 0.249. The summed E-state index contributed by atoms with van der Waals surface area (Å²) in [6.07, 6.45) is 5.13. The predicted octanol–water partition coefficient (Wildman–Crippen LogP) is 3.40. The molecule has 0 aliphatic heterocycles. The smallest absolute Gasteiger partial charge is 0.182 e. The van der Waals surface area contributed by atoms with Gasteiger partial charge >= 0.3 is 0 Å². The predicted molar refractivity (Wildman–Crippen MR) is 83.8 cm³/mol. The van der Waals surface area contributed by atoms with Gasteiger partial charge in [-0.25, -0.2) is 4.68 Å². The molecule has 2 unspecified atom stereocenters. The van der Waals surface area contributed by atoms with E-state index in [1.807, 2.05) is 16.8 Å². The van der Waals surface area contributed by atoms with Crippen molar-refractivity contribution in [1.29, 1.82) is 0 Å². The average molecular weight is 306 g/mol. The zero-order valence-corrected chi connectivity index (χ0v) is 12.9. The number of tetrazole rings is 1. The summed E-state index contributed by atoms with van der Waals surface area (Å²) < 4.78 is 1.88. The standard InChI is InChI=1S/C15H20ClN5/c1-10-3-2-4-11(5-10)9-21-15(18-19-20-21)12-6-13(16)8-14(17)7-12/h6-8,10-11H,2-5,9,17H2,1H3. The molecule has 1 heterocycles.